The zero-order valence-corrected chi connectivity index (χ0v) is 8.68. The minimum atomic E-state index is -0.489. The van der Waals surface area contributed by atoms with Gasteiger partial charge in [0.2, 0.25) is 0 Å². The van der Waals surface area contributed by atoms with Crippen molar-refractivity contribution in [3.8, 4) is 0 Å². The zero-order valence-electron chi connectivity index (χ0n) is 8.68. The molecule has 0 unspecified atom stereocenters. The highest BCUT2D eigenvalue weighted by Crippen LogP contribution is 2.01. The van der Waals surface area contributed by atoms with Gasteiger partial charge in [0.25, 0.3) is 0 Å². The van der Waals surface area contributed by atoms with Crippen LogP contribution in [0.25, 0.3) is 6.08 Å². The van der Waals surface area contributed by atoms with Crippen molar-refractivity contribution >= 4 is 12.1 Å². The Kier molecular flexibility index (Phi) is 4.34. The maximum Gasteiger partial charge on any atom is 0.312 e. The lowest BCUT2D eigenvalue weighted by Crippen LogP contribution is -2.36. The van der Waals surface area contributed by atoms with Crippen molar-refractivity contribution < 1.29 is 4.79 Å². The average Bonchev–Trinajstić information content (AvgIpc) is 2.18. The number of nitrogens with two attached hydrogens (primary N) is 1. The van der Waals surface area contributed by atoms with Gasteiger partial charge >= 0.3 is 6.03 Å². The fourth-order valence-corrected chi connectivity index (χ4v) is 1.18. The smallest absolute Gasteiger partial charge is 0.312 e. The molecule has 0 spiro atoms. The molecule has 2 amide bonds. The third-order valence-electron chi connectivity index (χ3n) is 1.87. The van der Waals surface area contributed by atoms with E-state index in [0.717, 1.165) is 12.0 Å². The van der Waals surface area contributed by atoms with Gasteiger partial charge in [-0.25, -0.2) is 4.79 Å². The third kappa shape index (κ3) is 4.81. The number of nitrogens with zero attached hydrogens (tertiary/aromatic N) is 1. The lowest BCUT2D eigenvalue weighted by atomic mass is 10.2. The summed E-state index contributed by atoms with van der Waals surface area (Å²) in [7, 11) is 0. The first-order valence-corrected chi connectivity index (χ1v) is 4.81. The molecule has 0 aromatic carbocycles. The molecule has 0 saturated carbocycles. The molecule has 0 bridgehead atoms. The topological polar surface area (TPSA) is 68.0 Å². The molecular weight excluding hydrogens is 190 g/mol. The van der Waals surface area contributed by atoms with Crippen molar-refractivity contribution in [2.75, 3.05) is 0 Å². The molecule has 80 valence electrons. The maximum atomic E-state index is 10.5. The van der Waals surface area contributed by atoms with Crippen LogP contribution in [0.3, 0.4) is 0 Å². The number of carbonyl (C=O) groups is 1. The molecule has 4 heteroatoms. The van der Waals surface area contributed by atoms with Gasteiger partial charge in [-0.3, -0.25) is 4.98 Å². The molecule has 4 nitrogen and oxygen atoms in total. The van der Waals surface area contributed by atoms with E-state index in [1.54, 1.807) is 12.4 Å². The first-order chi connectivity index (χ1) is 7.18. The van der Waals surface area contributed by atoms with E-state index in [4.69, 9.17) is 5.73 Å². The number of urea groups is 1. The van der Waals surface area contributed by atoms with Gasteiger partial charge in [0.05, 0.1) is 0 Å². The minimum Gasteiger partial charge on any atom is -0.352 e. The van der Waals surface area contributed by atoms with E-state index in [-0.39, 0.29) is 6.04 Å². The van der Waals surface area contributed by atoms with Gasteiger partial charge < -0.3 is 11.1 Å². The van der Waals surface area contributed by atoms with Crippen LogP contribution in [0.5, 0.6) is 0 Å². The molecule has 15 heavy (non-hydrogen) atoms. The van der Waals surface area contributed by atoms with E-state index >= 15 is 0 Å². The fourth-order valence-electron chi connectivity index (χ4n) is 1.18. The number of nitrogens with one attached hydrogen (secondary N) is 1. The number of rotatable bonds is 4. The van der Waals surface area contributed by atoms with Crippen LogP contribution in [-0.4, -0.2) is 17.1 Å². The second kappa shape index (κ2) is 5.80. The summed E-state index contributed by atoms with van der Waals surface area (Å²) in [6.07, 6.45) is 8.21. The number of hydrogen-bond acceptors (Lipinski definition) is 2. The molecule has 0 radical (unpaired) electrons. The van der Waals surface area contributed by atoms with Crippen molar-refractivity contribution in [2.24, 2.45) is 5.73 Å². The molecule has 1 atom stereocenters. The summed E-state index contributed by atoms with van der Waals surface area (Å²) in [5.41, 5.74) is 6.04. The highest BCUT2D eigenvalue weighted by atomic mass is 16.2. The van der Waals surface area contributed by atoms with Crippen molar-refractivity contribution in [3.05, 3.63) is 36.2 Å². The third-order valence-corrected chi connectivity index (χ3v) is 1.87. The molecule has 0 aliphatic heterocycles. The summed E-state index contributed by atoms with van der Waals surface area (Å²) >= 11 is 0. The Morgan fingerprint density at radius 1 is 1.73 bits per heavy atom. The second-order valence-electron chi connectivity index (χ2n) is 3.33. The van der Waals surface area contributed by atoms with Gasteiger partial charge in [0, 0.05) is 18.4 Å². The van der Waals surface area contributed by atoms with E-state index in [9.17, 15) is 4.79 Å². The van der Waals surface area contributed by atoms with Gasteiger partial charge in [-0.1, -0.05) is 18.2 Å². The van der Waals surface area contributed by atoms with E-state index in [0.29, 0.717) is 0 Å². The van der Waals surface area contributed by atoms with Crippen LogP contribution < -0.4 is 11.1 Å². The summed E-state index contributed by atoms with van der Waals surface area (Å²) in [6.45, 7) is 1.90. The Labute approximate surface area is 89.2 Å². The molecule has 1 rings (SSSR count). The number of pyridine rings is 1. The van der Waals surface area contributed by atoms with Crippen LogP contribution >= 0.6 is 0 Å². The molecule has 1 heterocycles. The monoisotopic (exact) mass is 205 g/mol. The highest BCUT2D eigenvalue weighted by Gasteiger charge is 1.99. The number of hydrogen-bond donors (Lipinski definition) is 2. The number of amides is 2. The summed E-state index contributed by atoms with van der Waals surface area (Å²) in [6, 6.07) is 3.41. The van der Waals surface area contributed by atoms with E-state index < -0.39 is 6.03 Å². The first-order valence-electron chi connectivity index (χ1n) is 4.81. The Balaban J connectivity index is 2.37. The molecule has 0 fully saturated rings. The standard InChI is InChI=1S/C11H15N3O/c1-9(14-11(12)15)4-2-5-10-6-3-7-13-8-10/h2-3,5-9H,4H2,1H3,(H3,12,14,15)/b5-2+/t9-/m0/s1. The molecule has 1 aromatic heterocycles. The number of aromatic nitrogens is 1. The predicted octanol–water partition coefficient (Wildman–Crippen LogP) is 1.54. The zero-order chi connectivity index (χ0) is 11.1. The molecule has 0 saturated heterocycles. The Morgan fingerprint density at radius 3 is 3.13 bits per heavy atom. The SMILES string of the molecule is C[C@@H](C/C=C/c1cccnc1)NC(N)=O. The van der Waals surface area contributed by atoms with Crippen molar-refractivity contribution in [3.63, 3.8) is 0 Å². The Hall–Kier alpha value is -1.84. The van der Waals surface area contributed by atoms with Crippen LogP contribution in [0.15, 0.2) is 30.6 Å². The van der Waals surface area contributed by atoms with Crippen LogP contribution in [0.1, 0.15) is 18.9 Å². The largest absolute Gasteiger partial charge is 0.352 e. The van der Waals surface area contributed by atoms with E-state index in [1.807, 2.05) is 31.2 Å². The summed E-state index contributed by atoms with van der Waals surface area (Å²) in [5.74, 6) is 0. The maximum absolute atomic E-state index is 10.5. The summed E-state index contributed by atoms with van der Waals surface area (Å²) in [4.78, 5) is 14.5. The molecule has 1 aromatic rings. The quantitative estimate of drug-likeness (QED) is 0.782. The van der Waals surface area contributed by atoms with Gasteiger partial charge in [0.1, 0.15) is 0 Å². The van der Waals surface area contributed by atoms with Crippen molar-refractivity contribution in [1.82, 2.24) is 10.3 Å². The molecule has 0 aliphatic carbocycles. The van der Waals surface area contributed by atoms with Crippen LogP contribution in [0.4, 0.5) is 4.79 Å². The molecule has 3 N–H and O–H groups in total. The normalized spacial score (nSPS) is 12.6. The fraction of sp³-hybridized carbons (Fsp3) is 0.273. The summed E-state index contributed by atoms with van der Waals surface area (Å²) in [5, 5.41) is 2.60. The molecule has 0 aliphatic rings. The number of primary amides is 1. The predicted molar refractivity (Wildman–Crippen MR) is 60.1 cm³/mol. The summed E-state index contributed by atoms with van der Waals surface area (Å²) < 4.78 is 0. The average molecular weight is 205 g/mol. The lowest BCUT2D eigenvalue weighted by molar-refractivity contribution is 0.246. The van der Waals surface area contributed by atoms with Gasteiger partial charge in [0.15, 0.2) is 0 Å². The Bertz CT molecular complexity index is 335. The van der Waals surface area contributed by atoms with Gasteiger partial charge in [-0.15, -0.1) is 0 Å². The van der Waals surface area contributed by atoms with E-state index in [1.165, 1.54) is 0 Å². The first kappa shape index (κ1) is 11.2. The lowest BCUT2D eigenvalue weighted by Gasteiger charge is -2.08. The van der Waals surface area contributed by atoms with Crippen molar-refractivity contribution in [1.29, 1.82) is 0 Å². The highest BCUT2D eigenvalue weighted by molar-refractivity contribution is 5.71. The van der Waals surface area contributed by atoms with Gasteiger partial charge in [-0.05, 0) is 25.0 Å². The number of carbonyl (C=O) groups excluding carboxylic acids is 1. The Morgan fingerprint density at radius 2 is 2.53 bits per heavy atom. The van der Waals surface area contributed by atoms with Crippen LogP contribution in [0, 0.1) is 0 Å². The van der Waals surface area contributed by atoms with Crippen LogP contribution in [-0.2, 0) is 0 Å². The second-order valence-corrected chi connectivity index (χ2v) is 3.33. The minimum absolute atomic E-state index is 0.0513. The van der Waals surface area contributed by atoms with Crippen molar-refractivity contribution in [2.45, 2.75) is 19.4 Å². The molecular formula is C11H15N3O. The van der Waals surface area contributed by atoms with E-state index in [2.05, 4.69) is 10.3 Å². The van der Waals surface area contributed by atoms with Crippen LogP contribution in [0.2, 0.25) is 0 Å². The van der Waals surface area contributed by atoms with Gasteiger partial charge in [-0.2, -0.15) is 0 Å².